The average molecular weight is 128 g/mol. The minimum Gasteiger partial charge on any atom is -0.256 e. The predicted octanol–water partition coefficient (Wildman–Crippen LogP) is 2.03. The third-order valence-electron chi connectivity index (χ3n) is 1.43. The first-order chi connectivity index (χ1) is 4.97. The molecule has 1 aromatic heterocycles. The molecule has 0 amide bonds. The van der Waals surface area contributed by atoms with Crippen LogP contribution in [0.5, 0.6) is 0 Å². The molecule has 0 spiro atoms. The number of rotatable bonds is 0. The molecular formula is C9H6N. The zero-order valence-electron chi connectivity index (χ0n) is 5.41. The molecule has 0 aliphatic carbocycles. The Morgan fingerprint density at radius 3 is 3.00 bits per heavy atom. The molecule has 1 heteroatoms. The molecule has 0 atom stereocenters. The molecule has 2 rings (SSSR count). The molecule has 10 heavy (non-hydrogen) atoms. The van der Waals surface area contributed by atoms with E-state index in [0.29, 0.717) is 0 Å². The first kappa shape index (κ1) is 5.42. The normalized spacial score (nSPS) is 10.0. The van der Waals surface area contributed by atoms with Gasteiger partial charge in [-0.2, -0.15) is 0 Å². The monoisotopic (exact) mass is 128 g/mol. The molecule has 0 bridgehead atoms. The zero-order valence-corrected chi connectivity index (χ0v) is 5.41. The van der Waals surface area contributed by atoms with Crippen molar-refractivity contribution in [2.24, 2.45) is 0 Å². The van der Waals surface area contributed by atoms with Crippen LogP contribution in [-0.4, -0.2) is 4.98 Å². The van der Waals surface area contributed by atoms with Crippen molar-refractivity contribution in [2.45, 2.75) is 0 Å². The van der Waals surface area contributed by atoms with Crippen LogP contribution in [0.25, 0.3) is 10.9 Å². The predicted molar refractivity (Wildman–Crippen MR) is 40.6 cm³/mol. The van der Waals surface area contributed by atoms with E-state index < -0.39 is 0 Å². The van der Waals surface area contributed by atoms with Crippen LogP contribution < -0.4 is 0 Å². The highest BCUT2D eigenvalue weighted by atomic mass is 14.6. The highest BCUT2D eigenvalue weighted by Gasteiger charge is 1.87. The fourth-order valence-electron chi connectivity index (χ4n) is 0.953. The average Bonchev–Trinajstić information content (AvgIpc) is 2.05. The van der Waals surface area contributed by atoms with Gasteiger partial charge in [0.2, 0.25) is 0 Å². The summed E-state index contributed by atoms with van der Waals surface area (Å²) in [6.07, 6.45) is 1.75. The van der Waals surface area contributed by atoms with Gasteiger partial charge in [0.1, 0.15) is 0 Å². The lowest BCUT2D eigenvalue weighted by Gasteiger charge is -1.90. The lowest BCUT2D eigenvalue weighted by atomic mass is 10.2. The third-order valence-corrected chi connectivity index (χ3v) is 1.43. The molecular weight excluding hydrogens is 122 g/mol. The van der Waals surface area contributed by atoms with Gasteiger partial charge in [-0.15, -0.1) is 0 Å². The number of hydrogen-bond donors (Lipinski definition) is 0. The molecule has 0 unspecified atom stereocenters. The second-order valence-electron chi connectivity index (χ2n) is 2.11. The third kappa shape index (κ3) is 0.760. The van der Waals surface area contributed by atoms with E-state index in [2.05, 4.69) is 11.1 Å². The Bertz CT molecular complexity index is 276. The maximum atomic E-state index is 4.15. The number of pyridine rings is 1. The van der Waals surface area contributed by atoms with E-state index in [0.717, 1.165) is 10.9 Å². The molecule has 47 valence electrons. The van der Waals surface area contributed by atoms with Crippen molar-refractivity contribution in [3.8, 4) is 0 Å². The van der Waals surface area contributed by atoms with Crippen LogP contribution in [0, 0.1) is 6.07 Å². The molecule has 1 aromatic carbocycles. The SMILES string of the molecule is [c]1ccnc2ccccc12. The summed E-state index contributed by atoms with van der Waals surface area (Å²) in [6.45, 7) is 0. The van der Waals surface area contributed by atoms with Crippen molar-refractivity contribution in [3.63, 3.8) is 0 Å². The van der Waals surface area contributed by atoms with E-state index in [1.165, 1.54) is 0 Å². The Kier molecular flexibility index (Phi) is 1.14. The number of para-hydroxylation sites is 1. The van der Waals surface area contributed by atoms with Gasteiger partial charge in [0.05, 0.1) is 5.52 Å². The van der Waals surface area contributed by atoms with E-state index in [1.54, 1.807) is 6.20 Å². The standard InChI is InChI=1S/C9H6N/c1-2-6-9-8(4-1)5-3-7-10-9/h1-4,6-7H. The van der Waals surface area contributed by atoms with Gasteiger partial charge in [-0.1, -0.05) is 18.2 Å². The van der Waals surface area contributed by atoms with Gasteiger partial charge in [-0.25, -0.2) is 0 Å². The van der Waals surface area contributed by atoms with Crippen LogP contribution in [0.4, 0.5) is 0 Å². The van der Waals surface area contributed by atoms with Gasteiger partial charge in [0.15, 0.2) is 0 Å². The molecule has 1 nitrogen and oxygen atoms in total. The lowest BCUT2D eigenvalue weighted by Crippen LogP contribution is -1.74. The Hall–Kier alpha value is -1.37. The van der Waals surface area contributed by atoms with Gasteiger partial charge >= 0.3 is 0 Å². The van der Waals surface area contributed by atoms with Gasteiger partial charge in [0.25, 0.3) is 0 Å². The molecule has 0 aliphatic heterocycles. The van der Waals surface area contributed by atoms with Crippen molar-refractivity contribution in [3.05, 3.63) is 42.6 Å². The van der Waals surface area contributed by atoms with E-state index >= 15 is 0 Å². The topological polar surface area (TPSA) is 12.9 Å². The molecule has 1 radical (unpaired) electrons. The van der Waals surface area contributed by atoms with Crippen LogP contribution in [0.1, 0.15) is 0 Å². The number of benzene rings is 1. The summed E-state index contributed by atoms with van der Waals surface area (Å²) in [5, 5.41) is 1.07. The summed E-state index contributed by atoms with van der Waals surface area (Å²) < 4.78 is 0. The van der Waals surface area contributed by atoms with Gasteiger partial charge in [-0.3, -0.25) is 4.98 Å². The van der Waals surface area contributed by atoms with Crippen molar-refractivity contribution in [1.29, 1.82) is 0 Å². The van der Waals surface area contributed by atoms with Crippen LogP contribution in [0.3, 0.4) is 0 Å². The fraction of sp³-hybridized carbons (Fsp3) is 0. The highest BCUT2D eigenvalue weighted by Crippen LogP contribution is 2.07. The van der Waals surface area contributed by atoms with Crippen molar-refractivity contribution in [2.75, 3.05) is 0 Å². The lowest BCUT2D eigenvalue weighted by molar-refractivity contribution is 1.41. The molecule has 0 saturated heterocycles. The van der Waals surface area contributed by atoms with Crippen molar-refractivity contribution < 1.29 is 0 Å². The largest absolute Gasteiger partial charge is 0.256 e. The summed E-state index contributed by atoms with van der Waals surface area (Å²) >= 11 is 0. The minimum atomic E-state index is 1.00. The van der Waals surface area contributed by atoms with Crippen LogP contribution in [-0.2, 0) is 0 Å². The number of hydrogen-bond acceptors (Lipinski definition) is 1. The van der Waals surface area contributed by atoms with Crippen LogP contribution >= 0.6 is 0 Å². The van der Waals surface area contributed by atoms with Crippen LogP contribution in [0.2, 0.25) is 0 Å². The number of aromatic nitrogens is 1. The molecule has 2 aromatic rings. The molecule has 0 aliphatic rings. The van der Waals surface area contributed by atoms with Gasteiger partial charge < -0.3 is 0 Å². The maximum Gasteiger partial charge on any atom is 0.0708 e. The van der Waals surface area contributed by atoms with Gasteiger partial charge in [0, 0.05) is 11.6 Å². The molecule has 0 fully saturated rings. The van der Waals surface area contributed by atoms with E-state index in [9.17, 15) is 0 Å². The smallest absolute Gasteiger partial charge is 0.0708 e. The summed E-state index contributed by atoms with van der Waals surface area (Å²) in [7, 11) is 0. The molecule has 1 heterocycles. The summed E-state index contributed by atoms with van der Waals surface area (Å²) in [5.74, 6) is 0. The summed E-state index contributed by atoms with van der Waals surface area (Å²) in [5.41, 5.74) is 1.00. The first-order valence-electron chi connectivity index (χ1n) is 3.18. The van der Waals surface area contributed by atoms with E-state index in [4.69, 9.17) is 0 Å². The second kappa shape index (κ2) is 2.10. The summed E-state index contributed by atoms with van der Waals surface area (Å²) in [4.78, 5) is 4.15. The summed E-state index contributed by atoms with van der Waals surface area (Å²) in [6, 6.07) is 12.9. The number of fused-ring (bicyclic) bond motifs is 1. The minimum absolute atomic E-state index is 1.00. The van der Waals surface area contributed by atoms with Gasteiger partial charge in [-0.05, 0) is 18.2 Å². The fourth-order valence-corrected chi connectivity index (χ4v) is 0.953. The maximum absolute atomic E-state index is 4.15. The van der Waals surface area contributed by atoms with E-state index in [-0.39, 0.29) is 0 Å². The quantitative estimate of drug-likeness (QED) is 0.529. The van der Waals surface area contributed by atoms with Crippen LogP contribution in [0.15, 0.2) is 36.5 Å². The first-order valence-corrected chi connectivity index (χ1v) is 3.18. The second-order valence-corrected chi connectivity index (χ2v) is 2.11. The van der Waals surface area contributed by atoms with Crippen molar-refractivity contribution >= 4 is 10.9 Å². The Balaban J connectivity index is 2.89. The Morgan fingerprint density at radius 2 is 2.10 bits per heavy atom. The Labute approximate surface area is 59.3 Å². The highest BCUT2D eigenvalue weighted by molar-refractivity contribution is 5.77. The molecule has 0 saturated carbocycles. The van der Waals surface area contributed by atoms with E-state index in [1.807, 2.05) is 30.3 Å². The number of nitrogens with zero attached hydrogens (tertiary/aromatic N) is 1. The zero-order chi connectivity index (χ0) is 6.81. The van der Waals surface area contributed by atoms with Crippen molar-refractivity contribution in [1.82, 2.24) is 4.98 Å². The molecule has 0 N–H and O–H groups in total. The Morgan fingerprint density at radius 1 is 1.20 bits per heavy atom.